The normalized spacial score (nSPS) is 11.2. The van der Waals surface area contributed by atoms with E-state index in [4.69, 9.17) is 4.98 Å². The van der Waals surface area contributed by atoms with Crippen LogP contribution in [0.2, 0.25) is 0 Å². The van der Waals surface area contributed by atoms with Crippen LogP contribution in [0.15, 0.2) is 107 Å². The molecule has 186 valence electrons. The molecule has 3 aromatic carbocycles. The molecule has 37 heavy (non-hydrogen) atoms. The van der Waals surface area contributed by atoms with Crippen molar-refractivity contribution in [2.75, 3.05) is 0 Å². The molecule has 0 aliphatic heterocycles. The molecular weight excluding hydrogens is 658 g/mol. The van der Waals surface area contributed by atoms with Gasteiger partial charge < -0.3 is 5.11 Å². The fraction of sp³-hybridized carbons (Fsp3) is 0.0968. The van der Waals surface area contributed by atoms with Crippen molar-refractivity contribution in [3.8, 4) is 22.7 Å². The molecule has 0 spiro atoms. The van der Waals surface area contributed by atoms with E-state index < -0.39 is 0 Å². The summed E-state index contributed by atoms with van der Waals surface area (Å²) in [6.07, 6.45) is 1.81. The third-order valence-corrected chi connectivity index (χ3v) is 7.20. The first-order valence-electron chi connectivity index (χ1n) is 11.9. The monoisotopic (exact) mass is 681 g/mol. The summed E-state index contributed by atoms with van der Waals surface area (Å²) in [5, 5.41) is 13.8. The minimum absolute atomic E-state index is 0. The number of nitrogens with zero attached hydrogens (tertiary/aromatic N) is 3. The average molecular weight is 682 g/mol. The van der Waals surface area contributed by atoms with Crippen LogP contribution >= 0.6 is 11.8 Å². The van der Waals surface area contributed by atoms with Crippen LogP contribution in [0.1, 0.15) is 25.3 Å². The predicted octanol–water partition coefficient (Wildman–Crippen LogP) is 8.02. The number of aromatic nitrogens is 3. The summed E-state index contributed by atoms with van der Waals surface area (Å²) in [4.78, 5) is 10.6. The summed E-state index contributed by atoms with van der Waals surface area (Å²) in [6, 6.07) is 33.7. The maximum Gasteiger partial charge on any atom is 0.139 e. The molecule has 6 rings (SSSR count). The van der Waals surface area contributed by atoms with Gasteiger partial charge in [0.1, 0.15) is 11.4 Å². The van der Waals surface area contributed by atoms with Crippen LogP contribution in [0.3, 0.4) is 0 Å². The van der Waals surface area contributed by atoms with Gasteiger partial charge in [-0.25, -0.2) is 4.98 Å². The second-order valence-corrected chi connectivity index (χ2v) is 10.1. The van der Waals surface area contributed by atoms with Crippen LogP contribution in [0.5, 0.6) is 5.75 Å². The zero-order chi connectivity index (χ0) is 24.6. The largest absolute Gasteiger partial charge is 0.506 e. The third kappa shape index (κ3) is 4.82. The van der Waals surface area contributed by atoms with Crippen molar-refractivity contribution in [1.82, 2.24) is 14.5 Å². The molecule has 0 amide bonds. The average Bonchev–Trinajstić information content (AvgIpc) is 3.23. The Labute approximate surface area is 234 Å². The third-order valence-electron chi connectivity index (χ3n) is 6.31. The Kier molecular flexibility index (Phi) is 7.19. The number of pyridine rings is 2. The molecule has 4 nitrogen and oxygen atoms in total. The van der Waals surface area contributed by atoms with Gasteiger partial charge in [-0.2, -0.15) is 0 Å². The molecule has 0 aliphatic rings. The van der Waals surface area contributed by atoms with E-state index in [-0.39, 0.29) is 26.8 Å². The Morgan fingerprint density at radius 2 is 1.65 bits per heavy atom. The minimum Gasteiger partial charge on any atom is -0.506 e. The topological polar surface area (TPSA) is 50.9 Å². The molecule has 6 heteroatoms. The standard InChI is InChI=1S/C31H24N3OS.Pt/c1-20(2)21-17-22(19-23(18-21)36-30-13-7-8-16-32-30)26-15-14-25-24-9-3-4-10-27(24)34(31(25)33-26)28-11-5-6-12-29(28)35;/h3-18,20,35H,1-2H3;/q-1;. The second kappa shape index (κ2) is 10.5. The van der Waals surface area contributed by atoms with Crippen molar-refractivity contribution in [3.63, 3.8) is 0 Å². The van der Waals surface area contributed by atoms with Crippen LogP contribution in [0, 0.1) is 6.07 Å². The smallest absolute Gasteiger partial charge is 0.139 e. The van der Waals surface area contributed by atoms with E-state index in [0.29, 0.717) is 11.6 Å². The molecule has 0 saturated carbocycles. The molecule has 0 atom stereocenters. The summed E-state index contributed by atoms with van der Waals surface area (Å²) in [6.45, 7) is 4.39. The summed E-state index contributed by atoms with van der Waals surface area (Å²) in [5.41, 5.74) is 5.52. The van der Waals surface area contributed by atoms with E-state index in [1.807, 2.05) is 59.3 Å². The Hall–Kier alpha value is -3.40. The molecule has 0 radical (unpaired) electrons. The van der Waals surface area contributed by atoms with Gasteiger partial charge >= 0.3 is 0 Å². The van der Waals surface area contributed by atoms with Crippen molar-refractivity contribution in [3.05, 3.63) is 109 Å². The number of hydrogen-bond acceptors (Lipinski definition) is 4. The van der Waals surface area contributed by atoms with E-state index in [2.05, 4.69) is 61.3 Å². The predicted molar refractivity (Wildman–Crippen MR) is 147 cm³/mol. The first-order chi connectivity index (χ1) is 17.6. The Morgan fingerprint density at radius 3 is 2.43 bits per heavy atom. The minimum atomic E-state index is 0. The van der Waals surface area contributed by atoms with E-state index in [9.17, 15) is 5.11 Å². The molecule has 0 unspecified atom stereocenters. The second-order valence-electron chi connectivity index (χ2n) is 9.03. The number of hydrogen-bond donors (Lipinski definition) is 1. The summed E-state index contributed by atoms with van der Waals surface area (Å²) < 4.78 is 2.04. The van der Waals surface area contributed by atoms with Crippen molar-refractivity contribution in [2.24, 2.45) is 0 Å². The van der Waals surface area contributed by atoms with E-state index in [1.165, 1.54) is 5.56 Å². The van der Waals surface area contributed by atoms with Crippen LogP contribution in [-0.2, 0) is 21.1 Å². The quantitative estimate of drug-likeness (QED) is 0.187. The summed E-state index contributed by atoms with van der Waals surface area (Å²) >= 11 is 1.60. The molecule has 0 fully saturated rings. The van der Waals surface area contributed by atoms with Crippen molar-refractivity contribution in [2.45, 2.75) is 29.7 Å². The van der Waals surface area contributed by atoms with Crippen LogP contribution in [-0.4, -0.2) is 19.6 Å². The SMILES string of the molecule is CC(C)c1cc(Sc2ccccn2)[c-]c(-c2ccc3c4ccccc4n(-c4ccccc4O)c3n2)c1.[Pt]. The fourth-order valence-corrected chi connectivity index (χ4v) is 5.34. The zero-order valence-corrected chi connectivity index (χ0v) is 23.4. The van der Waals surface area contributed by atoms with Gasteiger partial charge in [0.2, 0.25) is 0 Å². The van der Waals surface area contributed by atoms with Gasteiger partial charge in [0.15, 0.2) is 0 Å². The first-order valence-corrected chi connectivity index (χ1v) is 12.8. The van der Waals surface area contributed by atoms with E-state index in [0.717, 1.165) is 43.1 Å². The Morgan fingerprint density at radius 1 is 0.865 bits per heavy atom. The number of phenols is 1. The van der Waals surface area contributed by atoms with E-state index in [1.54, 1.807) is 17.8 Å². The zero-order valence-electron chi connectivity index (χ0n) is 20.3. The Balaban J connectivity index is 0.00000280. The van der Waals surface area contributed by atoms with Gasteiger partial charge in [-0.05, 0) is 41.9 Å². The first kappa shape index (κ1) is 25.3. The van der Waals surface area contributed by atoms with Gasteiger partial charge in [0.05, 0.1) is 16.2 Å². The van der Waals surface area contributed by atoms with Crippen LogP contribution in [0.25, 0.3) is 38.9 Å². The number of aromatic hydroxyl groups is 1. The van der Waals surface area contributed by atoms with E-state index >= 15 is 0 Å². The van der Waals surface area contributed by atoms with Crippen LogP contribution < -0.4 is 0 Å². The van der Waals surface area contributed by atoms with Crippen molar-refractivity contribution in [1.29, 1.82) is 0 Å². The molecule has 1 N–H and O–H groups in total. The van der Waals surface area contributed by atoms with Gasteiger partial charge in [-0.15, -0.1) is 29.3 Å². The van der Waals surface area contributed by atoms with Gasteiger partial charge in [-0.3, -0.25) is 9.55 Å². The maximum atomic E-state index is 10.7. The number of benzene rings is 3. The summed E-state index contributed by atoms with van der Waals surface area (Å²) in [7, 11) is 0. The van der Waals surface area contributed by atoms with Gasteiger partial charge in [0, 0.05) is 38.0 Å². The summed E-state index contributed by atoms with van der Waals surface area (Å²) in [5.74, 6) is 0.577. The van der Waals surface area contributed by atoms with Crippen molar-refractivity contribution < 1.29 is 26.2 Å². The van der Waals surface area contributed by atoms with Crippen LogP contribution in [0.4, 0.5) is 0 Å². The van der Waals surface area contributed by atoms with Gasteiger partial charge in [0.25, 0.3) is 0 Å². The molecule has 3 aromatic heterocycles. The number of fused-ring (bicyclic) bond motifs is 3. The molecule has 3 heterocycles. The number of rotatable bonds is 5. The fourth-order valence-electron chi connectivity index (χ4n) is 4.50. The molecule has 0 bridgehead atoms. The molecule has 6 aromatic rings. The number of phenolic OH excluding ortho intramolecular Hbond substituents is 1. The molecule has 0 saturated heterocycles. The Bertz CT molecular complexity index is 1710. The van der Waals surface area contributed by atoms with Gasteiger partial charge in [-0.1, -0.05) is 79.0 Å². The molecule has 0 aliphatic carbocycles. The maximum absolute atomic E-state index is 10.7. The number of para-hydroxylation sites is 3. The van der Waals surface area contributed by atoms with Crippen molar-refractivity contribution >= 4 is 33.7 Å². The molecular formula is C31H24N3OPtS-.